The largest absolute Gasteiger partial charge is 0.478 e. The van der Waals surface area contributed by atoms with Gasteiger partial charge in [0.2, 0.25) is 0 Å². The number of pyridine rings is 1. The Morgan fingerprint density at radius 1 is 0.927 bits per heavy atom. The number of methoxy groups -OCH3 is 1. The van der Waals surface area contributed by atoms with Crippen molar-refractivity contribution < 1.29 is 38.4 Å². The number of fused-ring (bicyclic) bond motifs is 1. The number of carboxylic acid groups (broad SMARTS) is 1. The maximum atomic E-state index is 13.8. The van der Waals surface area contributed by atoms with Gasteiger partial charge in [-0.1, -0.05) is 6.07 Å². The normalized spacial score (nSPS) is 11.9. The molecule has 2 heterocycles. The van der Waals surface area contributed by atoms with Gasteiger partial charge in [0.1, 0.15) is 28.2 Å². The average molecular weight is 570 g/mol. The molecule has 3 rings (SSSR count). The molecule has 0 radical (unpaired) electrons. The van der Waals surface area contributed by atoms with Crippen LogP contribution in [0.2, 0.25) is 0 Å². The molecule has 0 spiro atoms. The van der Waals surface area contributed by atoms with Crippen molar-refractivity contribution in [2.24, 2.45) is 0 Å². The van der Waals surface area contributed by atoms with Crippen molar-refractivity contribution in [3.05, 3.63) is 46.1 Å². The molecule has 0 saturated heterocycles. The lowest BCUT2D eigenvalue weighted by Gasteiger charge is -2.30. The zero-order chi connectivity index (χ0) is 31.0. The third-order valence-electron chi connectivity index (χ3n) is 6.08. The quantitative estimate of drug-likeness (QED) is 0.326. The number of nitrogens with zero attached hydrogens (tertiary/aromatic N) is 3. The Morgan fingerprint density at radius 3 is 1.98 bits per heavy atom. The maximum absolute atomic E-state index is 13.8. The van der Waals surface area contributed by atoms with Crippen molar-refractivity contribution in [2.45, 2.75) is 80.4 Å². The Hall–Kier alpha value is -4.12. The molecule has 0 bridgehead atoms. The van der Waals surface area contributed by atoms with Crippen LogP contribution in [-0.2, 0) is 14.2 Å². The molecule has 0 aliphatic rings. The second kappa shape index (κ2) is 11.4. The van der Waals surface area contributed by atoms with E-state index in [0.29, 0.717) is 33.2 Å². The van der Waals surface area contributed by atoms with Crippen molar-refractivity contribution in [3.8, 4) is 11.4 Å². The van der Waals surface area contributed by atoms with E-state index in [2.05, 4.69) is 0 Å². The second-order valence-corrected chi connectivity index (χ2v) is 11.8. The smallest absolute Gasteiger partial charge is 0.425 e. The number of aryl methyl sites for hydroxylation is 3. The van der Waals surface area contributed by atoms with Crippen LogP contribution >= 0.6 is 0 Å². The minimum absolute atomic E-state index is 0.0263. The molecular weight excluding hydrogens is 530 g/mol. The average Bonchev–Trinajstić information content (AvgIpc) is 3.10. The van der Waals surface area contributed by atoms with Crippen molar-refractivity contribution >= 4 is 35.0 Å². The molecule has 41 heavy (non-hydrogen) atoms. The molecule has 2 aromatic heterocycles. The zero-order valence-corrected chi connectivity index (χ0v) is 25.6. The van der Waals surface area contributed by atoms with Gasteiger partial charge < -0.3 is 24.1 Å². The van der Waals surface area contributed by atoms with Crippen molar-refractivity contribution in [3.63, 3.8) is 0 Å². The molecule has 0 saturated carbocycles. The predicted molar refractivity (Wildman–Crippen MR) is 154 cm³/mol. The molecule has 0 fully saturated rings. The number of carboxylic acids is 1. The van der Waals surface area contributed by atoms with Gasteiger partial charge in [-0.05, 0) is 92.5 Å². The Balaban J connectivity index is 2.59. The summed E-state index contributed by atoms with van der Waals surface area (Å²) in [7, 11) is 1.50. The number of hydrogen-bond acceptors (Lipinski definition) is 8. The highest BCUT2D eigenvalue weighted by Crippen LogP contribution is 2.41. The number of hydrogen-bond donors (Lipinski definition) is 1. The molecule has 0 atom stereocenters. The number of carbonyl (C=O) groups excluding carboxylic acids is 2. The van der Waals surface area contributed by atoms with E-state index in [-0.39, 0.29) is 29.2 Å². The Labute approximate surface area is 240 Å². The number of aromatic nitrogens is 2. The predicted octanol–water partition coefficient (Wildman–Crippen LogP) is 6.62. The summed E-state index contributed by atoms with van der Waals surface area (Å²) in [6.45, 7) is 17.0. The maximum Gasteiger partial charge on any atom is 0.425 e. The highest BCUT2D eigenvalue weighted by Gasteiger charge is 2.40. The topological polar surface area (TPSA) is 129 Å². The summed E-state index contributed by atoms with van der Waals surface area (Å²) in [4.78, 5) is 45.9. The summed E-state index contributed by atoms with van der Waals surface area (Å²) in [6, 6.07) is 5.23. The number of benzene rings is 1. The monoisotopic (exact) mass is 569 g/mol. The number of rotatable bonds is 6. The first-order valence-corrected chi connectivity index (χ1v) is 13.1. The SMILES string of the molecule is COCOc1ccc(C)c(-n2c(N(C(=O)OC(C)(C)C)C(=O)OC(C)(C)C)c(C(=O)O)c3cc(C)c(C)nc32)c1C. The van der Waals surface area contributed by atoms with Gasteiger partial charge in [-0.3, -0.25) is 4.57 Å². The summed E-state index contributed by atoms with van der Waals surface area (Å²) in [6.07, 6.45) is -2.21. The van der Waals surface area contributed by atoms with Crippen LogP contribution in [0.3, 0.4) is 0 Å². The fourth-order valence-corrected chi connectivity index (χ4v) is 4.32. The van der Waals surface area contributed by atoms with Crippen LogP contribution in [0, 0.1) is 27.7 Å². The van der Waals surface area contributed by atoms with Gasteiger partial charge in [0.25, 0.3) is 0 Å². The van der Waals surface area contributed by atoms with Crippen molar-refractivity contribution in [1.82, 2.24) is 9.55 Å². The van der Waals surface area contributed by atoms with Crippen LogP contribution in [0.4, 0.5) is 15.4 Å². The van der Waals surface area contributed by atoms with Crippen LogP contribution in [0.1, 0.15) is 74.3 Å². The lowest BCUT2D eigenvalue weighted by atomic mass is 10.1. The molecule has 1 N–H and O–H groups in total. The minimum Gasteiger partial charge on any atom is -0.478 e. The lowest BCUT2D eigenvalue weighted by Crippen LogP contribution is -2.45. The number of amides is 2. The Kier molecular flexibility index (Phi) is 8.73. The molecular formula is C30H39N3O8. The van der Waals surface area contributed by atoms with Crippen molar-refractivity contribution in [1.29, 1.82) is 0 Å². The Morgan fingerprint density at radius 2 is 1.49 bits per heavy atom. The molecule has 11 heteroatoms. The van der Waals surface area contributed by atoms with Crippen LogP contribution in [0.25, 0.3) is 16.7 Å². The van der Waals surface area contributed by atoms with E-state index in [1.54, 1.807) is 80.5 Å². The van der Waals surface area contributed by atoms with E-state index in [1.807, 2.05) is 6.92 Å². The standard InChI is InChI=1S/C30H39N3O8/c1-16-12-13-21(39-15-38-11)18(3)23(16)32-24-20(14-17(2)19(4)31-24)22(26(34)35)25(32)33(27(36)40-29(5,6)7)28(37)41-30(8,9)10/h12-14H,15H2,1-11H3,(H,34,35). The molecule has 3 aromatic rings. The molecule has 1 aromatic carbocycles. The molecule has 0 unspecified atom stereocenters. The number of anilines is 1. The first-order chi connectivity index (χ1) is 18.9. The first-order valence-electron chi connectivity index (χ1n) is 13.1. The number of carbonyl (C=O) groups is 3. The van der Waals surface area contributed by atoms with E-state index < -0.39 is 29.4 Å². The Bertz CT molecular complexity index is 1480. The van der Waals surface area contributed by atoms with Crippen LogP contribution in [-0.4, -0.2) is 57.9 Å². The zero-order valence-electron chi connectivity index (χ0n) is 25.6. The summed E-state index contributed by atoms with van der Waals surface area (Å²) in [5.41, 5.74) is 1.05. The second-order valence-electron chi connectivity index (χ2n) is 11.8. The van der Waals surface area contributed by atoms with Gasteiger partial charge in [-0.2, -0.15) is 4.90 Å². The number of imide groups is 1. The lowest BCUT2D eigenvalue weighted by molar-refractivity contribution is 0.0428. The molecule has 11 nitrogen and oxygen atoms in total. The molecule has 0 aliphatic heterocycles. The summed E-state index contributed by atoms with van der Waals surface area (Å²) >= 11 is 0. The van der Waals surface area contributed by atoms with Crippen molar-refractivity contribution in [2.75, 3.05) is 18.8 Å². The van der Waals surface area contributed by atoms with Crippen LogP contribution in [0.15, 0.2) is 18.2 Å². The van der Waals surface area contributed by atoms with E-state index in [0.717, 1.165) is 5.56 Å². The highest BCUT2D eigenvalue weighted by atomic mass is 16.7. The first kappa shape index (κ1) is 31.4. The fourth-order valence-electron chi connectivity index (χ4n) is 4.32. The number of aromatic carboxylic acids is 1. The van der Waals surface area contributed by atoms with Gasteiger partial charge in [0.15, 0.2) is 12.6 Å². The van der Waals surface area contributed by atoms with Gasteiger partial charge in [0, 0.05) is 23.8 Å². The molecule has 222 valence electrons. The third-order valence-corrected chi connectivity index (χ3v) is 6.08. The van der Waals surface area contributed by atoms with Gasteiger partial charge >= 0.3 is 18.2 Å². The van der Waals surface area contributed by atoms with Crippen LogP contribution in [0.5, 0.6) is 5.75 Å². The van der Waals surface area contributed by atoms with Gasteiger partial charge in [-0.15, -0.1) is 0 Å². The van der Waals surface area contributed by atoms with Crippen LogP contribution < -0.4 is 9.64 Å². The van der Waals surface area contributed by atoms with E-state index >= 15 is 0 Å². The van der Waals surface area contributed by atoms with E-state index in [9.17, 15) is 19.5 Å². The summed E-state index contributed by atoms with van der Waals surface area (Å²) in [5, 5.41) is 10.8. The minimum atomic E-state index is -1.37. The summed E-state index contributed by atoms with van der Waals surface area (Å²) < 4.78 is 23.6. The third kappa shape index (κ3) is 6.62. The molecule has 2 amide bonds. The van der Waals surface area contributed by atoms with Gasteiger partial charge in [0.05, 0.1) is 5.69 Å². The van der Waals surface area contributed by atoms with Gasteiger partial charge in [-0.25, -0.2) is 19.4 Å². The highest BCUT2D eigenvalue weighted by molar-refractivity contribution is 6.18. The van der Waals surface area contributed by atoms with E-state index in [4.69, 9.17) is 23.9 Å². The fraction of sp³-hybridized carbons (Fsp3) is 0.467. The van der Waals surface area contributed by atoms with E-state index in [1.165, 1.54) is 11.7 Å². The summed E-state index contributed by atoms with van der Waals surface area (Å²) in [5.74, 6) is -1.18. The molecule has 0 aliphatic carbocycles. The number of ether oxygens (including phenoxy) is 4.